The van der Waals surface area contributed by atoms with Gasteiger partial charge in [-0.3, -0.25) is 33.7 Å². The van der Waals surface area contributed by atoms with E-state index in [1.807, 2.05) is 97.6 Å². The Hall–Kier alpha value is -7.78. The number of carbonyl (C=O) groups excluding carboxylic acids is 6. The number of esters is 3. The maximum absolute atomic E-state index is 15.1. The molecule has 0 radical (unpaired) electrons. The van der Waals surface area contributed by atoms with Crippen LogP contribution < -0.4 is 15.4 Å². The number of hydrogen-bond acceptors (Lipinski definition) is 12. The van der Waals surface area contributed by atoms with Crippen molar-refractivity contribution in [2.24, 2.45) is 17.8 Å². The minimum Gasteiger partial charge on any atom is -0.508 e. The number of para-hydroxylation sites is 1. The molecule has 4 saturated heterocycles. The summed E-state index contributed by atoms with van der Waals surface area (Å²) in [5, 5.41) is 16.0. The zero-order valence-electron chi connectivity index (χ0n) is 39.2. The second-order valence-electron chi connectivity index (χ2n) is 19.1. The zero-order chi connectivity index (χ0) is 49.6. The number of phenols is 1. The summed E-state index contributed by atoms with van der Waals surface area (Å²) in [4.78, 5) is 89.4. The molecule has 0 saturated carbocycles. The van der Waals surface area contributed by atoms with Crippen molar-refractivity contribution < 1.29 is 52.8 Å². The van der Waals surface area contributed by atoms with Crippen LogP contribution in [0.2, 0.25) is 0 Å². The van der Waals surface area contributed by atoms with Crippen LogP contribution in [0.25, 0.3) is 0 Å². The van der Waals surface area contributed by atoms with Gasteiger partial charge in [0.2, 0.25) is 17.7 Å². The second kappa shape index (κ2) is 19.2. The molecule has 5 aliphatic rings. The van der Waals surface area contributed by atoms with Gasteiger partial charge in [-0.2, -0.15) is 0 Å². The molecule has 5 aromatic carbocycles. The average molecular weight is 959 g/mol. The maximum Gasteiger partial charge on any atom is 0.325 e. The van der Waals surface area contributed by atoms with Gasteiger partial charge in [0.05, 0.1) is 24.0 Å². The minimum absolute atomic E-state index is 0.0201. The van der Waals surface area contributed by atoms with Gasteiger partial charge in [0.25, 0.3) is 0 Å². The number of amides is 3. The van der Waals surface area contributed by atoms with Crippen LogP contribution in [0.1, 0.15) is 78.7 Å². The fourth-order valence-electron chi connectivity index (χ4n) is 11.7. The monoisotopic (exact) mass is 958 g/mol. The fourth-order valence-corrected chi connectivity index (χ4v) is 11.7. The van der Waals surface area contributed by atoms with Gasteiger partial charge in [-0.05, 0) is 76.9 Å². The topological polar surface area (TPSA) is 190 Å². The third-order valence-corrected chi connectivity index (χ3v) is 14.5. The second-order valence-corrected chi connectivity index (χ2v) is 19.1. The Morgan fingerprint density at radius 1 is 0.775 bits per heavy atom. The number of morpholine rings is 1. The van der Waals surface area contributed by atoms with E-state index in [2.05, 4.69) is 17.2 Å². The predicted octanol–water partition coefficient (Wildman–Crippen LogP) is 6.82. The lowest BCUT2D eigenvalue weighted by Gasteiger charge is -2.46. The summed E-state index contributed by atoms with van der Waals surface area (Å²) >= 11 is 0. The van der Waals surface area contributed by atoms with Gasteiger partial charge < -0.3 is 39.6 Å². The van der Waals surface area contributed by atoms with E-state index >= 15 is 4.79 Å². The molecule has 0 aromatic heterocycles. The number of phenolic OH excluding ortho intramolecular Hbond substituents is 1. The molecule has 5 aliphatic heterocycles. The van der Waals surface area contributed by atoms with E-state index in [-0.39, 0.29) is 49.7 Å². The zero-order valence-corrected chi connectivity index (χ0v) is 39.2. The molecule has 4 fully saturated rings. The van der Waals surface area contributed by atoms with E-state index in [9.17, 15) is 29.1 Å². The van der Waals surface area contributed by atoms with Gasteiger partial charge >= 0.3 is 17.9 Å². The van der Waals surface area contributed by atoms with Crippen molar-refractivity contribution in [1.29, 1.82) is 0 Å². The summed E-state index contributed by atoms with van der Waals surface area (Å²) in [5.41, 5.74) is 2.08. The highest BCUT2D eigenvalue weighted by molar-refractivity contribution is 6.11. The van der Waals surface area contributed by atoms with Gasteiger partial charge in [0.15, 0.2) is 0 Å². The summed E-state index contributed by atoms with van der Waals surface area (Å²) < 4.78 is 24.2. The van der Waals surface area contributed by atoms with E-state index in [0.717, 1.165) is 11.1 Å². The number of ether oxygens (including phenoxy) is 4. The number of nitrogens with zero attached hydrogens (tertiary/aromatic N) is 2. The van der Waals surface area contributed by atoms with Gasteiger partial charge in [0, 0.05) is 5.69 Å². The largest absolute Gasteiger partial charge is 0.508 e. The number of anilines is 1. The lowest BCUT2D eigenvalue weighted by Crippen LogP contribution is -2.61. The number of cyclic esters (lactones) is 1. The van der Waals surface area contributed by atoms with E-state index in [0.29, 0.717) is 34.5 Å². The number of nitrogens with one attached hydrogen (secondary N) is 2. The van der Waals surface area contributed by atoms with Crippen molar-refractivity contribution >= 4 is 41.3 Å². The Kier molecular flexibility index (Phi) is 12.7. The smallest absolute Gasteiger partial charge is 0.325 e. The lowest BCUT2D eigenvalue weighted by molar-refractivity contribution is -0.180. The molecule has 5 aromatic rings. The van der Waals surface area contributed by atoms with Crippen molar-refractivity contribution in [2.45, 2.75) is 74.5 Å². The highest BCUT2D eigenvalue weighted by atomic mass is 16.6. The third kappa shape index (κ3) is 8.17. The molecule has 3 N–H and O–H groups in total. The van der Waals surface area contributed by atoms with Crippen molar-refractivity contribution in [3.8, 4) is 11.5 Å². The number of fused-ring (bicyclic) bond motifs is 4. The molecule has 0 aliphatic carbocycles. The van der Waals surface area contributed by atoms with Gasteiger partial charge in [-0.25, -0.2) is 0 Å². The molecule has 364 valence electrons. The van der Waals surface area contributed by atoms with Crippen molar-refractivity contribution in [2.75, 3.05) is 25.1 Å². The van der Waals surface area contributed by atoms with E-state index in [1.165, 1.54) is 23.1 Å². The van der Waals surface area contributed by atoms with Crippen molar-refractivity contribution in [1.82, 2.24) is 15.1 Å². The van der Waals surface area contributed by atoms with Crippen molar-refractivity contribution in [3.63, 3.8) is 0 Å². The lowest BCUT2D eigenvalue weighted by atomic mass is 9.65. The molecule has 10 rings (SSSR count). The van der Waals surface area contributed by atoms with Crippen LogP contribution in [0, 0.1) is 17.8 Å². The summed E-state index contributed by atoms with van der Waals surface area (Å²) in [5.74, 6) is -4.76. The molecule has 1 spiro atoms. The Morgan fingerprint density at radius 3 is 2.11 bits per heavy atom. The van der Waals surface area contributed by atoms with Crippen LogP contribution in [0.5, 0.6) is 11.5 Å². The Bertz CT molecular complexity index is 2860. The van der Waals surface area contributed by atoms with Crippen LogP contribution in [0.4, 0.5) is 5.69 Å². The summed E-state index contributed by atoms with van der Waals surface area (Å²) in [6, 6.07) is 34.2. The standard InChI is InChI=1S/C56H54N4O11/c1-4-27-69-53(65)44-47-54(66)71-48(35-15-9-6-10-16-35)46(33-13-7-5-8-14-33)60(47)49(56(44)40-17-11-12-18-41(40)58-55(56)67)36-21-25-38(26-22-36)68-28-29-70-52(64)39-31-43-50(62)57-42(30-32(2)3)51(63)59(43)45(39)34-19-23-37(61)24-20-34/h4-26,32,39,42-49,61H,1,27-31H2,2-3H3,(H,57,62)(H,58,67)/t39-,42+,43-,44+,45-,46+,47+,48-,49-,56+/m1/s1. The molecule has 15 heteroatoms. The first-order valence-electron chi connectivity index (χ1n) is 24.0. The molecule has 5 heterocycles. The van der Waals surface area contributed by atoms with E-state index in [1.54, 1.807) is 42.5 Å². The summed E-state index contributed by atoms with van der Waals surface area (Å²) in [7, 11) is 0. The first kappa shape index (κ1) is 46.9. The highest BCUT2D eigenvalue weighted by Crippen LogP contribution is 2.65. The number of hydrogen-bond donors (Lipinski definition) is 3. The summed E-state index contributed by atoms with van der Waals surface area (Å²) in [6.45, 7) is 7.31. The SMILES string of the molecule is C=CCOC(=O)[C@@H]1[C@H]2C(=O)O[C@H](c3ccccc3)[C@H](c3ccccc3)N2[C@H](c2ccc(OCCOC(=O)[C@@H]3C[C@@H]4C(=O)N[C@@H](CC(C)C)C(=O)N4[C@@H]3c3ccc(O)cc3)cc2)[C@@]12C(=O)Nc1ccccc12. The molecule has 15 nitrogen and oxygen atoms in total. The Morgan fingerprint density at radius 2 is 1.42 bits per heavy atom. The first-order valence-corrected chi connectivity index (χ1v) is 24.0. The molecule has 0 unspecified atom stereocenters. The van der Waals surface area contributed by atoms with E-state index < -0.39 is 83.4 Å². The van der Waals surface area contributed by atoms with Crippen molar-refractivity contribution in [3.05, 3.63) is 174 Å². The number of piperazine rings is 1. The van der Waals surface area contributed by atoms with Gasteiger partial charge in [-0.15, -0.1) is 0 Å². The Balaban J connectivity index is 0.955. The van der Waals surface area contributed by atoms with E-state index in [4.69, 9.17) is 18.9 Å². The Labute approximate surface area is 410 Å². The molecule has 0 bridgehead atoms. The predicted molar refractivity (Wildman–Crippen MR) is 258 cm³/mol. The molecule has 71 heavy (non-hydrogen) atoms. The molecular weight excluding hydrogens is 905 g/mol. The van der Waals surface area contributed by atoms with Crippen LogP contribution in [0.15, 0.2) is 146 Å². The number of aromatic hydroxyl groups is 1. The number of carbonyl (C=O) groups is 6. The van der Waals surface area contributed by atoms with Crippen LogP contribution >= 0.6 is 0 Å². The molecular formula is C56H54N4O11. The highest BCUT2D eigenvalue weighted by Gasteiger charge is 2.74. The normalized spacial score (nSPS) is 27.5. The fraction of sp³-hybridized carbons (Fsp3) is 0.321. The molecule has 10 atom stereocenters. The first-order chi connectivity index (χ1) is 34.4. The van der Waals surface area contributed by atoms with Crippen LogP contribution in [-0.4, -0.2) is 88.5 Å². The maximum atomic E-state index is 15.1. The summed E-state index contributed by atoms with van der Waals surface area (Å²) in [6.07, 6.45) is 1.10. The number of rotatable bonds is 14. The van der Waals surface area contributed by atoms with Gasteiger partial charge in [-0.1, -0.05) is 130 Å². The average Bonchev–Trinajstić information content (AvgIpc) is 4.03. The molecule has 3 amide bonds. The van der Waals surface area contributed by atoms with Crippen LogP contribution in [0.3, 0.4) is 0 Å². The van der Waals surface area contributed by atoms with Crippen LogP contribution in [-0.2, 0) is 48.4 Å². The van der Waals surface area contributed by atoms with Gasteiger partial charge in [0.1, 0.15) is 66.9 Å². The minimum atomic E-state index is -1.69. The quantitative estimate of drug-likeness (QED) is 0.0457. The third-order valence-electron chi connectivity index (χ3n) is 14.5. The number of benzene rings is 5.